The number of rotatable bonds is 6. The Bertz CT molecular complexity index is 621. The predicted molar refractivity (Wildman–Crippen MR) is 90.1 cm³/mol. The van der Waals surface area contributed by atoms with Crippen molar-refractivity contribution in [3.8, 4) is 0 Å². The third kappa shape index (κ3) is 5.91. The molecule has 1 saturated heterocycles. The molecule has 2 rings (SSSR count). The van der Waals surface area contributed by atoms with Crippen molar-refractivity contribution in [2.24, 2.45) is 11.1 Å². The molecule has 1 fully saturated rings. The first-order valence-electron chi connectivity index (χ1n) is 7.66. The van der Waals surface area contributed by atoms with Gasteiger partial charge in [-0.25, -0.2) is 9.86 Å². The Morgan fingerprint density at radius 1 is 1.39 bits per heavy atom. The van der Waals surface area contributed by atoms with Crippen LogP contribution in [0, 0.1) is 5.92 Å². The van der Waals surface area contributed by atoms with Crippen molar-refractivity contribution in [2.75, 3.05) is 38.1 Å². The maximum Gasteiger partial charge on any atom is 0.274 e. The maximum absolute atomic E-state index is 12.4. The Hall–Kier alpha value is -1.48. The van der Waals surface area contributed by atoms with Crippen molar-refractivity contribution in [3.05, 3.63) is 30.3 Å². The number of likely N-dealkylation sites (tertiary alicyclic amines) is 1. The number of benzene rings is 1. The topological polar surface area (TPSA) is 95.7 Å². The molecule has 1 amide bonds. The van der Waals surface area contributed by atoms with Crippen LogP contribution in [0.25, 0.3) is 0 Å². The highest BCUT2D eigenvalue weighted by Gasteiger charge is 2.23. The second-order valence-corrected chi connectivity index (χ2v) is 7.30. The zero-order chi connectivity index (χ0) is 16.9. The van der Waals surface area contributed by atoms with Crippen molar-refractivity contribution >= 4 is 21.8 Å². The van der Waals surface area contributed by atoms with Gasteiger partial charge < -0.3 is 4.90 Å². The second kappa shape index (κ2) is 7.87. The summed E-state index contributed by atoms with van der Waals surface area (Å²) in [6, 6.07) is 9.50. The van der Waals surface area contributed by atoms with E-state index >= 15 is 0 Å². The zero-order valence-electron chi connectivity index (χ0n) is 13.3. The van der Waals surface area contributed by atoms with Crippen LogP contribution in [0.15, 0.2) is 30.3 Å². The summed E-state index contributed by atoms with van der Waals surface area (Å²) < 4.78 is 24.3. The molecule has 8 heteroatoms. The summed E-state index contributed by atoms with van der Waals surface area (Å²) in [5, 5.41) is 4.96. The minimum atomic E-state index is -3.66. The number of nitrogens with two attached hydrogens (primary N) is 1. The van der Waals surface area contributed by atoms with Crippen LogP contribution < -0.4 is 14.8 Å². The van der Waals surface area contributed by atoms with Gasteiger partial charge in [0.1, 0.15) is 0 Å². The number of para-hydroxylation sites is 1. The molecule has 1 aliphatic heterocycles. The Morgan fingerprint density at radius 3 is 2.74 bits per heavy atom. The molecule has 1 heterocycles. The van der Waals surface area contributed by atoms with E-state index in [-0.39, 0.29) is 11.8 Å². The van der Waals surface area contributed by atoms with Crippen LogP contribution in [0.5, 0.6) is 0 Å². The van der Waals surface area contributed by atoms with Crippen LogP contribution in [-0.4, -0.2) is 52.5 Å². The van der Waals surface area contributed by atoms with Crippen LogP contribution >= 0.6 is 0 Å². The highest BCUT2D eigenvalue weighted by Crippen LogP contribution is 2.17. The minimum Gasteiger partial charge on any atom is -0.314 e. The van der Waals surface area contributed by atoms with Gasteiger partial charge in [-0.05, 0) is 37.4 Å². The van der Waals surface area contributed by atoms with E-state index in [0.717, 1.165) is 25.1 Å². The number of hydrogen-bond donors (Lipinski definition) is 2. The van der Waals surface area contributed by atoms with E-state index in [2.05, 4.69) is 9.62 Å². The van der Waals surface area contributed by atoms with Crippen molar-refractivity contribution in [2.45, 2.75) is 12.8 Å². The third-order valence-corrected chi connectivity index (χ3v) is 4.62. The highest BCUT2D eigenvalue weighted by atomic mass is 32.2. The average Bonchev–Trinajstić information content (AvgIpc) is 2.53. The van der Waals surface area contributed by atoms with Crippen LogP contribution in [0.1, 0.15) is 12.8 Å². The normalized spacial score (nSPS) is 19.5. The predicted octanol–water partition coefficient (Wildman–Crippen LogP) is 0.155. The fraction of sp³-hybridized carbons (Fsp3) is 0.533. The van der Waals surface area contributed by atoms with E-state index in [1.807, 2.05) is 30.3 Å². The van der Waals surface area contributed by atoms with Crippen molar-refractivity contribution in [1.82, 2.24) is 9.62 Å². The van der Waals surface area contributed by atoms with Crippen molar-refractivity contribution in [1.29, 1.82) is 0 Å². The molecule has 3 N–H and O–H groups in total. The molecule has 0 spiro atoms. The lowest BCUT2D eigenvalue weighted by molar-refractivity contribution is -0.119. The Kier molecular flexibility index (Phi) is 6.11. The molecule has 128 valence electrons. The number of carbonyl (C=O) groups is 1. The van der Waals surface area contributed by atoms with Gasteiger partial charge in [-0.2, -0.15) is 8.42 Å². The summed E-state index contributed by atoms with van der Waals surface area (Å²) in [6.45, 7) is 2.19. The van der Waals surface area contributed by atoms with E-state index in [4.69, 9.17) is 5.14 Å². The molecular formula is C15H24N4O3S. The fourth-order valence-electron chi connectivity index (χ4n) is 2.79. The van der Waals surface area contributed by atoms with Gasteiger partial charge in [0.2, 0.25) is 5.91 Å². The van der Waals surface area contributed by atoms with Gasteiger partial charge in [0.15, 0.2) is 0 Å². The molecule has 0 aliphatic carbocycles. The Balaban J connectivity index is 1.86. The summed E-state index contributed by atoms with van der Waals surface area (Å²) >= 11 is 0. The van der Waals surface area contributed by atoms with Gasteiger partial charge in [-0.3, -0.25) is 9.69 Å². The largest absolute Gasteiger partial charge is 0.314 e. The number of piperidine rings is 1. The monoisotopic (exact) mass is 340 g/mol. The first-order chi connectivity index (χ1) is 10.8. The van der Waals surface area contributed by atoms with Crippen LogP contribution in [-0.2, 0) is 15.0 Å². The minimum absolute atomic E-state index is 0.0243. The summed E-state index contributed by atoms with van der Waals surface area (Å²) in [7, 11) is -1.89. The number of nitrogens with zero attached hydrogens (tertiary/aromatic N) is 2. The summed E-state index contributed by atoms with van der Waals surface area (Å²) in [4.78, 5) is 16.1. The zero-order valence-corrected chi connectivity index (χ0v) is 14.1. The Morgan fingerprint density at radius 2 is 2.09 bits per heavy atom. The quantitative estimate of drug-likeness (QED) is 0.771. The fourth-order valence-corrected chi connectivity index (χ4v) is 3.26. The highest BCUT2D eigenvalue weighted by molar-refractivity contribution is 7.87. The molecule has 7 nitrogen and oxygen atoms in total. The van der Waals surface area contributed by atoms with Crippen LogP contribution in [0.3, 0.4) is 0 Å². The SMILES string of the molecule is CN(C(=O)CN1CCCC(CNS(N)(=O)=O)C1)c1ccccc1. The molecule has 0 saturated carbocycles. The Labute approximate surface area is 137 Å². The lowest BCUT2D eigenvalue weighted by Crippen LogP contribution is -2.46. The maximum atomic E-state index is 12.4. The van der Waals surface area contributed by atoms with E-state index in [1.165, 1.54) is 0 Å². The molecule has 1 atom stereocenters. The van der Waals surface area contributed by atoms with E-state index in [9.17, 15) is 13.2 Å². The first kappa shape index (κ1) is 17.9. The molecule has 1 aliphatic rings. The summed E-state index contributed by atoms with van der Waals surface area (Å²) in [6.07, 6.45) is 1.88. The van der Waals surface area contributed by atoms with E-state index < -0.39 is 10.2 Å². The second-order valence-electron chi connectivity index (χ2n) is 5.93. The molecule has 0 radical (unpaired) electrons. The van der Waals surface area contributed by atoms with Gasteiger partial charge in [0, 0.05) is 25.8 Å². The number of anilines is 1. The summed E-state index contributed by atoms with van der Waals surface area (Å²) in [5.74, 6) is 0.202. The summed E-state index contributed by atoms with van der Waals surface area (Å²) in [5.41, 5.74) is 0.863. The molecule has 1 unspecified atom stereocenters. The molecular weight excluding hydrogens is 316 g/mol. The lowest BCUT2D eigenvalue weighted by Gasteiger charge is -2.33. The smallest absolute Gasteiger partial charge is 0.274 e. The number of likely N-dealkylation sites (N-methyl/N-ethyl adjacent to an activating group) is 1. The van der Waals surface area contributed by atoms with Gasteiger partial charge >= 0.3 is 0 Å². The van der Waals surface area contributed by atoms with Gasteiger partial charge in [-0.1, -0.05) is 18.2 Å². The van der Waals surface area contributed by atoms with Crippen molar-refractivity contribution in [3.63, 3.8) is 0 Å². The van der Waals surface area contributed by atoms with E-state index in [0.29, 0.717) is 19.6 Å². The van der Waals surface area contributed by atoms with Gasteiger partial charge in [0.25, 0.3) is 10.2 Å². The average molecular weight is 340 g/mol. The number of carbonyl (C=O) groups excluding carboxylic acids is 1. The standard InChI is InChI=1S/C15H24N4O3S/c1-18(14-7-3-2-4-8-14)15(20)12-19-9-5-6-13(11-19)10-17-23(16,21)22/h2-4,7-8,13,17H,5-6,9-12H2,1H3,(H2,16,21,22). The number of nitrogens with one attached hydrogen (secondary N) is 1. The van der Waals surface area contributed by atoms with Crippen LogP contribution in [0.2, 0.25) is 0 Å². The molecule has 23 heavy (non-hydrogen) atoms. The lowest BCUT2D eigenvalue weighted by atomic mass is 9.98. The number of hydrogen-bond acceptors (Lipinski definition) is 4. The van der Waals surface area contributed by atoms with Gasteiger partial charge in [0.05, 0.1) is 6.54 Å². The third-order valence-electron chi connectivity index (χ3n) is 4.05. The number of amides is 1. The van der Waals surface area contributed by atoms with Crippen LogP contribution in [0.4, 0.5) is 5.69 Å². The van der Waals surface area contributed by atoms with Crippen molar-refractivity contribution < 1.29 is 13.2 Å². The first-order valence-corrected chi connectivity index (χ1v) is 9.21. The van der Waals surface area contributed by atoms with Gasteiger partial charge in [-0.15, -0.1) is 0 Å². The molecule has 1 aromatic carbocycles. The van der Waals surface area contributed by atoms with E-state index in [1.54, 1.807) is 11.9 Å². The molecule has 0 aromatic heterocycles. The molecule has 0 bridgehead atoms. The molecule has 1 aromatic rings.